The quantitative estimate of drug-likeness (QED) is 0.577. The van der Waals surface area contributed by atoms with Crippen LogP contribution in [-0.4, -0.2) is 44.0 Å². The molecule has 3 rings (SSSR count). The lowest BCUT2D eigenvalue weighted by Crippen LogP contribution is -2.37. The standard InChI is InChI=1S/C12H13Br2NO4/c13-9-4-3-5(10(9)14)8-7(4)11(18)15(12(8)19)2-1-6(16)17/h4-5,7-10H,1-3H2,(H,16,17)/t4-,5+,7-,8+,9-,10-/m0/s1. The van der Waals surface area contributed by atoms with E-state index in [1.165, 1.54) is 0 Å². The number of rotatable bonds is 3. The van der Waals surface area contributed by atoms with Crippen molar-refractivity contribution in [1.82, 2.24) is 4.90 Å². The molecule has 2 bridgehead atoms. The number of alkyl halides is 2. The topological polar surface area (TPSA) is 74.7 Å². The van der Waals surface area contributed by atoms with Crippen molar-refractivity contribution in [2.24, 2.45) is 23.7 Å². The van der Waals surface area contributed by atoms with Crippen LogP contribution in [0.5, 0.6) is 0 Å². The summed E-state index contributed by atoms with van der Waals surface area (Å²) in [5, 5.41) is 8.69. The summed E-state index contributed by atoms with van der Waals surface area (Å²) in [5.74, 6) is -1.46. The monoisotopic (exact) mass is 393 g/mol. The Morgan fingerprint density at radius 1 is 1.16 bits per heavy atom. The first kappa shape index (κ1) is 13.5. The third-order valence-corrected chi connectivity index (χ3v) is 7.83. The van der Waals surface area contributed by atoms with E-state index in [1.54, 1.807) is 0 Å². The maximum absolute atomic E-state index is 12.3. The number of carbonyl (C=O) groups excluding carboxylic acids is 2. The van der Waals surface area contributed by atoms with Crippen LogP contribution in [0.15, 0.2) is 0 Å². The lowest BCUT2D eigenvalue weighted by Gasteiger charge is -2.28. The summed E-state index contributed by atoms with van der Waals surface area (Å²) >= 11 is 7.21. The number of nitrogens with zero attached hydrogens (tertiary/aromatic N) is 1. The van der Waals surface area contributed by atoms with Crippen molar-refractivity contribution >= 4 is 49.6 Å². The molecule has 0 aromatic heterocycles. The molecule has 0 aromatic rings. The van der Waals surface area contributed by atoms with Crippen molar-refractivity contribution < 1.29 is 19.5 Å². The third-order valence-electron chi connectivity index (χ3n) is 4.63. The van der Waals surface area contributed by atoms with Crippen LogP contribution in [0.25, 0.3) is 0 Å². The van der Waals surface area contributed by atoms with Gasteiger partial charge in [0.25, 0.3) is 0 Å². The highest BCUT2D eigenvalue weighted by molar-refractivity contribution is 9.12. The number of hydrogen-bond donors (Lipinski definition) is 1. The van der Waals surface area contributed by atoms with Gasteiger partial charge in [0.1, 0.15) is 0 Å². The zero-order chi connectivity index (χ0) is 13.9. The van der Waals surface area contributed by atoms with E-state index in [-0.39, 0.29) is 58.1 Å². The fourth-order valence-corrected chi connectivity index (χ4v) is 5.71. The Morgan fingerprint density at radius 3 is 2.05 bits per heavy atom. The van der Waals surface area contributed by atoms with Gasteiger partial charge < -0.3 is 5.11 Å². The summed E-state index contributed by atoms with van der Waals surface area (Å²) in [7, 11) is 0. The molecular weight excluding hydrogens is 382 g/mol. The van der Waals surface area contributed by atoms with Crippen molar-refractivity contribution in [2.75, 3.05) is 6.54 Å². The van der Waals surface area contributed by atoms with Crippen LogP contribution in [0.3, 0.4) is 0 Å². The average molecular weight is 395 g/mol. The van der Waals surface area contributed by atoms with Gasteiger partial charge in [-0.3, -0.25) is 19.3 Å². The molecule has 3 fully saturated rings. The molecule has 3 aliphatic rings. The lowest BCUT2D eigenvalue weighted by atomic mass is 9.81. The molecule has 2 aliphatic carbocycles. The molecule has 0 radical (unpaired) electrons. The number of hydrogen-bond acceptors (Lipinski definition) is 3. The van der Waals surface area contributed by atoms with Gasteiger partial charge in [0.15, 0.2) is 0 Å². The second kappa shape index (κ2) is 4.55. The van der Waals surface area contributed by atoms with Crippen molar-refractivity contribution in [3.63, 3.8) is 0 Å². The van der Waals surface area contributed by atoms with Gasteiger partial charge in [-0.25, -0.2) is 0 Å². The SMILES string of the molecule is O=C(O)CCN1C(=O)[C@@H]2[C@H]3C[C@H]([C@H](Br)[C@H]3Br)[C@@H]2C1=O. The second-order valence-electron chi connectivity index (χ2n) is 5.48. The fourth-order valence-electron chi connectivity index (χ4n) is 3.84. The predicted octanol–water partition coefficient (Wildman–Crippen LogP) is 1.24. The maximum Gasteiger partial charge on any atom is 0.305 e. The number of carbonyl (C=O) groups is 3. The van der Waals surface area contributed by atoms with Gasteiger partial charge in [-0.05, 0) is 18.3 Å². The van der Waals surface area contributed by atoms with E-state index in [9.17, 15) is 14.4 Å². The highest BCUT2D eigenvalue weighted by atomic mass is 79.9. The first-order valence-corrected chi connectivity index (χ1v) is 8.11. The third kappa shape index (κ3) is 1.81. The van der Waals surface area contributed by atoms with Crippen LogP contribution >= 0.6 is 31.9 Å². The molecule has 1 heterocycles. The van der Waals surface area contributed by atoms with E-state index in [0.29, 0.717) is 0 Å². The highest BCUT2D eigenvalue weighted by Gasteiger charge is 2.66. The summed E-state index contributed by atoms with van der Waals surface area (Å²) in [6.45, 7) is -0.000650. The molecule has 0 spiro atoms. The van der Waals surface area contributed by atoms with Gasteiger partial charge in [-0.1, -0.05) is 31.9 Å². The van der Waals surface area contributed by atoms with Crippen molar-refractivity contribution in [1.29, 1.82) is 0 Å². The van der Waals surface area contributed by atoms with Gasteiger partial charge >= 0.3 is 5.97 Å². The molecule has 6 atom stereocenters. The van der Waals surface area contributed by atoms with Gasteiger partial charge in [-0.15, -0.1) is 0 Å². The number of amides is 2. The summed E-state index contributed by atoms with van der Waals surface area (Å²) in [5.41, 5.74) is 0. The van der Waals surface area contributed by atoms with Crippen molar-refractivity contribution in [2.45, 2.75) is 22.5 Å². The molecule has 0 aromatic carbocycles. The minimum Gasteiger partial charge on any atom is -0.481 e. The summed E-state index contributed by atoms with van der Waals surface area (Å²) in [4.78, 5) is 36.8. The summed E-state index contributed by atoms with van der Waals surface area (Å²) < 4.78 is 0. The molecule has 104 valence electrons. The van der Waals surface area contributed by atoms with Gasteiger partial charge in [0.2, 0.25) is 11.8 Å². The molecule has 1 aliphatic heterocycles. The highest BCUT2D eigenvalue weighted by Crippen LogP contribution is 2.60. The largest absolute Gasteiger partial charge is 0.481 e. The van der Waals surface area contributed by atoms with Gasteiger partial charge in [0.05, 0.1) is 18.3 Å². The molecule has 1 saturated heterocycles. The molecule has 19 heavy (non-hydrogen) atoms. The first-order valence-electron chi connectivity index (χ1n) is 6.28. The predicted molar refractivity (Wildman–Crippen MR) is 73.0 cm³/mol. The van der Waals surface area contributed by atoms with Crippen LogP contribution in [0.2, 0.25) is 0 Å². The lowest BCUT2D eigenvalue weighted by molar-refractivity contribution is -0.142. The van der Waals surface area contributed by atoms with Gasteiger partial charge in [0, 0.05) is 16.2 Å². The Hall–Kier alpha value is -0.430. The Morgan fingerprint density at radius 2 is 1.63 bits per heavy atom. The smallest absolute Gasteiger partial charge is 0.305 e. The van der Waals surface area contributed by atoms with Crippen LogP contribution in [0, 0.1) is 23.7 Å². The van der Waals surface area contributed by atoms with E-state index in [1.807, 2.05) is 0 Å². The Balaban J connectivity index is 1.83. The molecule has 7 heteroatoms. The van der Waals surface area contributed by atoms with Crippen molar-refractivity contribution in [3.05, 3.63) is 0 Å². The van der Waals surface area contributed by atoms with Crippen LogP contribution in [0.1, 0.15) is 12.8 Å². The zero-order valence-corrected chi connectivity index (χ0v) is 13.1. The summed E-state index contributed by atoms with van der Waals surface area (Å²) in [6, 6.07) is 0. The average Bonchev–Trinajstić information content (AvgIpc) is 2.93. The van der Waals surface area contributed by atoms with Gasteiger partial charge in [-0.2, -0.15) is 0 Å². The number of imide groups is 1. The van der Waals surface area contributed by atoms with E-state index in [4.69, 9.17) is 5.11 Å². The number of carboxylic acids is 1. The number of fused-ring (bicyclic) bond motifs is 5. The molecule has 0 unspecified atom stereocenters. The number of halogens is 2. The van der Waals surface area contributed by atoms with Crippen LogP contribution in [-0.2, 0) is 14.4 Å². The Bertz CT molecular complexity index is 437. The Labute approximate surface area is 127 Å². The normalized spacial score (nSPS) is 44.0. The van der Waals surface area contributed by atoms with E-state index in [0.717, 1.165) is 11.3 Å². The molecule has 2 saturated carbocycles. The first-order chi connectivity index (χ1) is 8.93. The van der Waals surface area contributed by atoms with E-state index in [2.05, 4.69) is 31.9 Å². The molecule has 5 nitrogen and oxygen atoms in total. The fraction of sp³-hybridized carbons (Fsp3) is 0.750. The van der Waals surface area contributed by atoms with E-state index >= 15 is 0 Å². The minimum absolute atomic E-state index is 0.000650. The van der Waals surface area contributed by atoms with Crippen LogP contribution in [0.4, 0.5) is 0 Å². The number of aliphatic carboxylic acids is 1. The Kier molecular flexibility index (Phi) is 3.24. The zero-order valence-electron chi connectivity index (χ0n) is 9.96. The second-order valence-corrected chi connectivity index (χ2v) is 7.59. The van der Waals surface area contributed by atoms with Crippen LogP contribution < -0.4 is 0 Å². The maximum atomic E-state index is 12.3. The molecule has 2 amide bonds. The minimum atomic E-state index is -0.989. The molecular formula is C12H13Br2NO4. The van der Waals surface area contributed by atoms with Crippen molar-refractivity contribution in [3.8, 4) is 0 Å². The van der Waals surface area contributed by atoms with E-state index < -0.39 is 5.97 Å². The number of likely N-dealkylation sites (tertiary alicyclic amines) is 1. The summed E-state index contributed by atoms with van der Waals surface area (Å²) in [6.07, 6.45) is 0.715. The molecule has 1 N–H and O–H groups in total. The number of carboxylic acid groups (broad SMARTS) is 1.